The maximum atomic E-state index is 5.43. The molecule has 0 bridgehead atoms. The molecule has 2 nitrogen and oxygen atoms in total. The number of pyridine rings is 1. The number of hydrogen-bond donors (Lipinski definition) is 0. The molecule has 0 saturated carbocycles. The van der Waals surface area contributed by atoms with Crippen LogP contribution in [0.4, 0.5) is 0 Å². The van der Waals surface area contributed by atoms with E-state index >= 15 is 0 Å². The zero-order chi connectivity index (χ0) is 37.5. The molecule has 266 valence electrons. The first-order valence-corrected chi connectivity index (χ1v) is 20.9. The van der Waals surface area contributed by atoms with Gasteiger partial charge in [-0.3, -0.25) is 4.57 Å². The molecule has 0 unspecified atom stereocenters. The van der Waals surface area contributed by atoms with Crippen LogP contribution in [0.25, 0.3) is 113 Å². The SMILES string of the molecule is c1ccc(-c2cc(-c3ccccc3)nc(-n3c4ccc(-c5cccc6c5sc5ccccc56)cc4c4cc(-c5cccc6c5sc5ccccc56)ccc43)c2)cc1. The molecule has 4 heterocycles. The van der Waals surface area contributed by atoms with Crippen LogP contribution in [0.1, 0.15) is 0 Å². The van der Waals surface area contributed by atoms with E-state index in [1.807, 2.05) is 22.7 Å². The van der Waals surface area contributed by atoms with Crippen LogP contribution in [-0.4, -0.2) is 9.55 Å². The van der Waals surface area contributed by atoms with Crippen molar-refractivity contribution >= 4 is 84.8 Å². The highest BCUT2D eigenvalue weighted by molar-refractivity contribution is 7.26. The van der Waals surface area contributed by atoms with Crippen molar-refractivity contribution in [2.75, 3.05) is 0 Å². The van der Waals surface area contributed by atoms with E-state index in [1.165, 1.54) is 73.4 Å². The third-order valence-corrected chi connectivity index (χ3v) is 13.9. The fraction of sp³-hybridized carbons (Fsp3) is 0. The second-order valence-corrected chi connectivity index (χ2v) is 16.8. The lowest BCUT2D eigenvalue weighted by Crippen LogP contribution is -2.00. The topological polar surface area (TPSA) is 17.8 Å². The minimum Gasteiger partial charge on any atom is -0.294 e. The van der Waals surface area contributed by atoms with Gasteiger partial charge in [-0.2, -0.15) is 0 Å². The smallest absolute Gasteiger partial charge is 0.138 e. The lowest BCUT2D eigenvalue weighted by atomic mass is 9.98. The Morgan fingerprint density at radius 1 is 0.333 bits per heavy atom. The Kier molecular flexibility index (Phi) is 7.31. The molecule has 0 N–H and O–H groups in total. The van der Waals surface area contributed by atoms with Crippen molar-refractivity contribution in [2.45, 2.75) is 0 Å². The van der Waals surface area contributed by atoms with Gasteiger partial charge in [-0.25, -0.2) is 4.98 Å². The molecule has 12 aromatic rings. The lowest BCUT2D eigenvalue weighted by molar-refractivity contribution is 1.08. The van der Waals surface area contributed by atoms with E-state index in [1.54, 1.807) is 0 Å². The van der Waals surface area contributed by atoms with Gasteiger partial charge in [-0.05, 0) is 81.9 Å². The average Bonchev–Trinajstić information content (AvgIpc) is 3.96. The summed E-state index contributed by atoms with van der Waals surface area (Å²) in [5.41, 5.74) is 11.6. The van der Waals surface area contributed by atoms with Gasteiger partial charge in [0, 0.05) is 56.7 Å². The van der Waals surface area contributed by atoms with E-state index in [-0.39, 0.29) is 0 Å². The van der Waals surface area contributed by atoms with Crippen molar-refractivity contribution in [2.24, 2.45) is 0 Å². The first kappa shape index (κ1) is 32.4. The van der Waals surface area contributed by atoms with Gasteiger partial charge in [-0.15, -0.1) is 22.7 Å². The van der Waals surface area contributed by atoms with Crippen LogP contribution in [-0.2, 0) is 0 Å². The minimum atomic E-state index is 0.897. The number of rotatable bonds is 5. The van der Waals surface area contributed by atoms with Gasteiger partial charge in [0.05, 0.1) is 16.7 Å². The molecule has 0 aliphatic heterocycles. The fourth-order valence-corrected chi connectivity index (χ4v) is 11.2. The van der Waals surface area contributed by atoms with Gasteiger partial charge in [0.15, 0.2) is 0 Å². The van der Waals surface area contributed by atoms with Crippen LogP contribution < -0.4 is 0 Å². The number of aromatic nitrogens is 2. The molecule has 4 heteroatoms. The standard InChI is InChI=1S/C53H32N2S2/c1-3-13-33(14-4-1)37-31-46(34-15-5-2-6-16-34)54-51(32-37)55-47-27-25-35(38-19-11-21-42-40-17-7-9-23-49(40)56-52(38)42)29-44(47)45-30-36(26-28-48(45)55)39-20-12-22-43-41-18-8-10-24-50(41)57-53(39)43/h1-32H. The summed E-state index contributed by atoms with van der Waals surface area (Å²) in [6, 6.07) is 70.7. The molecule has 4 aromatic heterocycles. The molecule has 8 aromatic carbocycles. The Labute approximate surface area is 337 Å². The molecule has 57 heavy (non-hydrogen) atoms. The number of thiophene rings is 2. The Morgan fingerprint density at radius 2 is 0.825 bits per heavy atom. The Bertz CT molecular complexity index is 3290. The number of hydrogen-bond acceptors (Lipinski definition) is 3. The third kappa shape index (κ3) is 5.19. The van der Waals surface area contributed by atoms with Gasteiger partial charge >= 0.3 is 0 Å². The van der Waals surface area contributed by atoms with E-state index in [2.05, 4.69) is 199 Å². The second-order valence-electron chi connectivity index (χ2n) is 14.7. The van der Waals surface area contributed by atoms with E-state index in [0.717, 1.165) is 39.2 Å². The van der Waals surface area contributed by atoms with Crippen LogP contribution >= 0.6 is 22.7 Å². The van der Waals surface area contributed by atoms with Crippen molar-refractivity contribution in [1.29, 1.82) is 0 Å². The van der Waals surface area contributed by atoms with Crippen molar-refractivity contribution in [3.8, 4) is 50.5 Å². The molecule has 0 amide bonds. The summed E-state index contributed by atoms with van der Waals surface area (Å²) in [6.45, 7) is 0. The van der Waals surface area contributed by atoms with Crippen molar-refractivity contribution < 1.29 is 0 Å². The molecule has 0 radical (unpaired) electrons. The summed E-state index contributed by atoms with van der Waals surface area (Å²) < 4.78 is 7.65. The van der Waals surface area contributed by atoms with Crippen molar-refractivity contribution in [3.63, 3.8) is 0 Å². The predicted molar refractivity (Wildman–Crippen MR) is 246 cm³/mol. The van der Waals surface area contributed by atoms with Crippen LogP contribution in [0.15, 0.2) is 194 Å². The van der Waals surface area contributed by atoms with Gasteiger partial charge in [0.2, 0.25) is 0 Å². The molecule has 0 atom stereocenters. The molecule has 0 aliphatic carbocycles. The Morgan fingerprint density at radius 3 is 1.39 bits per heavy atom. The monoisotopic (exact) mass is 760 g/mol. The summed E-state index contributed by atoms with van der Waals surface area (Å²) in [5.74, 6) is 0.897. The summed E-state index contributed by atoms with van der Waals surface area (Å²) >= 11 is 3.76. The first-order chi connectivity index (χ1) is 28.2. The molecular formula is C53H32N2S2. The van der Waals surface area contributed by atoms with Crippen molar-refractivity contribution in [1.82, 2.24) is 9.55 Å². The zero-order valence-electron chi connectivity index (χ0n) is 30.7. The molecule has 12 rings (SSSR count). The van der Waals surface area contributed by atoms with E-state index in [0.29, 0.717) is 0 Å². The van der Waals surface area contributed by atoms with Crippen LogP contribution in [0, 0.1) is 0 Å². The van der Waals surface area contributed by atoms with E-state index < -0.39 is 0 Å². The van der Waals surface area contributed by atoms with Crippen LogP contribution in [0.5, 0.6) is 0 Å². The number of nitrogens with zero attached hydrogens (tertiary/aromatic N) is 2. The summed E-state index contributed by atoms with van der Waals surface area (Å²) in [5, 5.41) is 7.67. The van der Waals surface area contributed by atoms with E-state index in [9.17, 15) is 0 Å². The number of fused-ring (bicyclic) bond motifs is 9. The zero-order valence-corrected chi connectivity index (χ0v) is 32.3. The molecule has 0 saturated heterocycles. The number of benzene rings is 8. The summed E-state index contributed by atoms with van der Waals surface area (Å²) in [6.07, 6.45) is 0. The highest BCUT2D eigenvalue weighted by Crippen LogP contribution is 2.44. The van der Waals surface area contributed by atoms with Crippen LogP contribution in [0.2, 0.25) is 0 Å². The molecule has 0 spiro atoms. The quantitative estimate of drug-likeness (QED) is 0.171. The van der Waals surface area contributed by atoms with Gasteiger partial charge in [0.1, 0.15) is 5.82 Å². The molecule has 0 aliphatic rings. The second kappa shape index (κ2) is 12.9. The summed E-state index contributed by atoms with van der Waals surface area (Å²) in [4.78, 5) is 5.43. The molecular weight excluding hydrogens is 729 g/mol. The van der Waals surface area contributed by atoms with Crippen molar-refractivity contribution in [3.05, 3.63) is 194 Å². The normalized spacial score (nSPS) is 11.9. The Hall–Kier alpha value is -6.85. The minimum absolute atomic E-state index is 0.897. The average molecular weight is 761 g/mol. The van der Waals surface area contributed by atoms with Crippen LogP contribution in [0.3, 0.4) is 0 Å². The lowest BCUT2D eigenvalue weighted by Gasteiger charge is -2.13. The fourth-order valence-electron chi connectivity index (χ4n) is 8.74. The third-order valence-electron chi connectivity index (χ3n) is 11.4. The van der Waals surface area contributed by atoms with Gasteiger partial charge in [-0.1, -0.05) is 146 Å². The van der Waals surface area contributed by atoms with Gasteiger partial charge < -0.3 is 0 Å². The first-order valence-electron chi connectivity index (χ1n) is 19.3. The predicted octanol–water partition coefficient (Wildman–Crippen LogP) is 15.6. The summed E-state index contributed by atoms with van der Waals surface area (Å²) in [7, 11) is 0. The Balaban J connectivity index is 1.14. The largest absolute Gasteiger partial charge is 0.294 e. The van der Waals surface area contributed by atoms with E-state index in [4.69, 9.17) is 4.98 Å². The molecule has 0 fully saturated rings. The van der Waals surface area contributed by atoms with Gasteiger partial charge in [0.25, 0.3) is 0 Å². The highest BCUT2D eigenvalue weighted by Gasteiger charge is 2.20. The highest BCUT2D eigenvalue weighted by atomic mass is 32.1. The maximum absolute atomic E-state index is 5.43. The maximum Gasteiger partial charge on any atom is 0.138 e.